The Hall–Kier alpha value is -2.67. The molecule has 1 heterocycles. The van der Waals surface area contributed by atoms with Crippen molar-refractivity contribution in [1.82, 2.24) is 9.55 Å². The van der Waals surface area contributed by atoms with E-state index in [9.17, 15) is 14.4 Å². The van der Waals surface area contributed by atoms with Crippen molar-refractivity contribution in [2.75, 3.05) is 5.32 Å². The monoisotopic (exact) mass is 387 g/mol. The summed E-state index contributed by atoms with van der Waals surface area (Å²) in [6.07, 6.45) is 0.114. The van der Waals surface area contributed by atoms with Gasteiger partial charge in [0.25, 0.3) is 5.56 Å². The summed E-state index contributed by atoms with van der Waals surface area (Å²) in [5.74, 6) is -0.213. The minimum Gasteiger partial charge on any atom is -0.326 e. The number of fused-ring (bicyclic) bond motifs is 1. The van der Waals surface area contributed by atoms with E-state index in [0.717, 1.165) is 4.47 Å². The summed E-state index contributed by atoms with van der Waals surface area (Å²) in [7, 11) is 0. The first-order valence-electron chi connectivity index (χ1n) is 7.32. The minimum atomic E-state index is -0.519. The maximum atomic E-state index is 12.1. The minimum absolute atomic E-state index is 0.114. The van der Waals surface area contributed by atoms with Crippen molar-refractivity contribution in [3.05, 3.63) is 73.8 Å². The predicted octanol–water partition coefficient (Wildman–Crippen LogP) is 2.48. The van der Waals surface area contributed by atoms with E-state index in [4.69, 9.17) is 0 Å². The van der Waals surface area contributed by atoms with Gasteiger partial charge in [0.2, 0.25) is 5.91 Å². The van der Waals surface area contributed by atoms with E-state index in [-0.39, 0.29) is 18.9 Å². The molecular weight excluding hydrogens is 374 g/mol. The van der Waals surface area contributed by atoms with E-state index in [1.54, 1.807) is 36.4 Å². The van der Waals surface area contributed by atoms with Crippen molar-refractivity contribution in [2.45, 2.75) is 13.0 Å². The molecule has 0 saturated heterocycles. The molecule has 7 heteroatoms. The van der Waals surface area contributed by atoms with Crippen LogP contribution in [-0.2, 0) is 11.3 Å². The van der Waals surface area contributed by atoms with Crippen molar-refractivity contribution in [3.63, 3.8) is 0 Å². The number of anilines is 1. The third kappa shape index (κ3) is 3.46. The molecule has 122 valence electrons. The number of para-hydroxylation sites is 1. The van der Waals surface area contributed by atoms with Gasteiger partial charge in [0.05, 0.1) is 10.9 Å². The Labute approximate surface area is 145 Å². The molecule has 2 N–H and O–H groups in total. The molecule has 3 rings (SSSR count). The van der Waals surface area contributed by atoms with E-state index in [1.165, 1.54) is 4.57 Å². The van der Waals surface area contributed by atoms with Gasteiger partial charge in [-0.15, -0.1) is 0 Å². The summed E-state index contributed by atoms with van der Waals surface area (Å²) >= 11 is 3.34. The SMILES string of the molecule is O=C(CCn1c(=O)[nH]c(=O)c2ccccc21)Nc1cccc(Br)c1. The highest BCUT2D eigenvalue weighted by Gasteiger charge is 2.09. The fourth-order valence-corrected chi connectivity index (χ4v) is 2.87. The molecule has 1 amide bonds. The number of halogens is 1. The number of carbonyl (C=O) groups excluding carboxylic acids is 1. The predicted molar refractivity (Wildman–Crippen MR) is 96.2 cm³/mol. The van der Waals surface area contributed by atoms with Gasteiger partial charge in [-0.25, -0.2) is 4.79 Å². The number of aromatic amines is 1. The number of nitrogens with one attached hydrogen (secondary N) is 2. The molecule has 24 heavy (non-hydrogen) atoms. The number of H-pyrrole nitrogens is 1. The molecule has 0 saturated carbocycles. The molecule has 3 aromatic rings. The van der Waals surface area contributed by atoms with Crippen molar-refractivity contribution >= 4 is 38.4 Å². The average Bonchev–Trinajstić information content (AvgIpc) is 2.54. The van der Waals surface area contributed by atoms with E-state index in [2.05, 4.69) is 26.2 Å². The Bertz CT molecular complexity index is 1020. The van der Waals surface area contributed by atoms with Crippen molar-refractivity contribution in [1.29, 1.82) is 0 Å². The topological polar surface area (TPSA) is 84.0 Å². The van der Waals surface area contributed by atoms with Gasteiger partial charge in [0, 0.05) is 23.1 Å². The first-order valence-corrected chi connectivity index (χ1v) is 8.11. The molecule has 1 aromatic heterocycles. The van der Waals surface area contributed by atoms with Crippen molar-refractivity contribution in [2.24, 2.45) is 0 Å². The highest BCUT2D eigenvalue weighted by molar-refractivity contribution is 9.10. The van der Waals surface area contributed by atoms with Crippen LogP contribution >= 0.6 is 15.9 Å². The number of aromatic nitrogens is 2. The second-order valence-corrected chi connectivity index (χ2v) is 6.15. The fraction of sp³-hybridized carbons (Fsp3) is 0.118. The van der Waals surface area contributed by atoms with Crippen LogP contribution < -0.4 is 16.6 Å². The summed E-state index contributed by atoms with van der Waals surface area (Å²) in [4.78, 5) is 38.2. The van der Waals surface area contributed by atoms with Gasteiger partial charge in [0.15, 0.2) is 0 Å². The average molecular weight is 388 g/mol. The summed E-state index contributed by atoms with van der Waals surface area (Å²) in [5, 5.41) is 3.20. The molecule has 0 atom stereocenters. The maximum absolute atomic E-state index is 12.1. The summed E-state index contributed by atoms with van der Waals surface area (Å²) in [6.45, 7) is 0.177. The smallest absolute Gasteiger partial charge is 0.326 e. The van der Waals surface area contributed by atoms with Gasteiger partial charge >= 0.3 is 5.69 Å². The van der Waals surface area contributed by atoms with Crippen LogP contribution in [0.25, 0.3) is 10.9 Å². The Kier molecular flexibility index (Phi) is 4.61. The zero-order chi connectivity index (χ0) is 17.1. The van der Waals surface area contributed by atoms with Gasteiger partial charge < -0.3 is 5.32 Å². The molecule has 0 unspecified atom stereocenters. The second kappa shape index (κ2) is 6.84. The molecule has 0 aliphatic rings. The van der Waals surface area contributed by atoms with Crippen LogP contribution in [0.15, 0.2) is 62.6 Å². The lowest BCUT2D eigenvalue weighted by molar-refractivity contribution is -0.116. The second-order valence-electron chi connectivity index (χ2n) is 5.24. The highest BCUT2D eigenvalue weighted by Crippen LogP contribution is 2.16. The summed E-state index contributed by atoms with van der Waals surface area (Å²) in [6, 6.07) is 14.1. The van der Waals surface area contributed by atoms with E-state index < -0.39 is 11.2 Å². The summed E-state index contributed by atoms with van der Waals surface area (Å²) in [5.41, 5.74) is 0.244. The highest BCUT2D eigenvalue weighted by atomic mass is 79.9. The Balaban J connectivity index is 1.80. The number of nitrogens with zero attached hydrogens (tertiary/aromatic N) is 1. The molecule has 0 fully saturated rings. The zero-order valence-electron chi connectivity index (χ0n) is 12.6. The lowest BCUT2D eigenvalue weighted by atomic mass is 10.2. The van der Waals surface area contributed by atoms with E-state index >= 15 is 0 Å². The van der Waals surface area contributed by atoms with Gasteiger partial charge in [-0.1, -0.05) is 34.1 Å². The molecule has 0 bridgehead atoms. The van der Waals surface area contributed by atoms with Crippen LogP contribution in [0.2, 0.25) is 0 Å². The van der Waals surface area contributed by atoms with Crippen LogP contribution in [-0.4, -0.2) is 15.5 Å². The van der Waals surface area contributed by atoms with Crippen LogP contribution in [0.5, 0.6) is 0 Å². The lowest BCUT2D eigenvalue weighted by Crippen LogP contribution is -2.31. The fourth-order valence-electron chi connectivity index (χ4n) is 2.47. The summed E-state index contributed by atoms with van der Waals surface area (Å²) < 4.78 is 2.26. The number of benzene rings is 2. The lowest BCUT2D eigenvalue weighted by Gasteiger charge is -2.10. The molecule has 2 aromatic carbocycles. The molecule has 0 spiro atoms. The molecular formula is C17H14BrN3O3. The van der Waals surface area contributed by atoms with Crippen LogP contribution in [0.4, 0.5) is 5.69 Å². The van der Waals surface area contributed by atoms with Gasteiger partial charge in [0.1, 0.15) is 0 Å². The van der Waals surface area contributed by atoms with Crippen LogP contribution in [0, 0.1) is 0 Å². The normalized spacial score (nSPS) is 10.7. The quantitative estimate of drug-likeness (QED) is 0.720. The number of hydrogen-bond acceptors (Lipinski definition) is 3. The zero-order valence-corrected chi connectivity index (χ0v) is 14.2. The standard InChI is InChI=1S/C17H14BrN3O3/c18-11-4-3-5-12(10-11)19-15(22)8-9-21-14-7-2-1-6-13(14)16(23)20-17(21)24/h1-7,10H,8-9H2,(H,19,22)(H,20,23,24). The van der Waals surface area contributed by atoms with Crippen LogP contribution in [0.1, 0.15) is 6.42 Å². The van der Waals surface area contributed by atoms with Gasteiger partial charge in [-0.2, -0.15) is 0 Å². The first kappa shape index (κ1) is 16.2. The largest absolute Gasteiger partial charge is 0.328 e. The number of carbonyl (C=O) groups is 1. The number of rotatable bonds is 4. The van der Waals surface area contributed by atoms with Gasteiger partial charge in [-0.05, 0) is 30.3 Å². The Morgan fingerprint density at radius 3 is 2.71 bits per heavy atom. The van der Waals surface area contributed by atoms with Crippen molar-refractivity contribution in [3.8, 4) is 0 Å². The Morgan fingerprint density at radius 1 is 1.12 bits per heavy atom. The van der Waals surface area contributed by atoms with E-state index in [1.807, 2.05) is 12.1 Å². The molecule has 6 nitrogen and oxygen atoms in total. The third-order valence-electron chi connectivity index (χ3n) is 3.58. The maximum Gasteiger partial charge on any atom is 0.328 e. The number of hydrogen-bond donors (Lipinski definition) is 2. The van der Waals surface area contributed by atoms with Gasteiger partial charge in [-0.3, -0.25) is 19.1 Å². The number of aryl methyl sites for hydroxylation is 1. The molecule has 0 radical (unpaired) electrons. The van der Waals surface area contributed by atoms with E-state index in [0.29, 0.717) is 16.6 Å². The molecule has 0 aliphatic heterocycles. The van der Waals surface area contributed by atoms with Crippen LogP contribution in [0.3, 0.4) is 0 Å². The first-order chi connectivity index (χ1) is 11.5. The Morgan fingerprint density at radius 2 is 1.92 bits per heavy atom. The third-order valence-corrected chi connectivity index (χ3v) is 4.07. The molecule has 0 aliphatic carbocycles. The van der Waals surface area contributed by atoms with Crippen molar-refractivity contribution < 1.29 is 4.79 Å². The number of amides is 1.